The van der Waals surface area contributed by atoms with Gasteiger partial charge >= 0.3 is 0 Å². The molecule has 0 amide bonds. The van der Waals surface area contributed by atoms with E-state index in [4.69, 9.17) is 9.47 Å². The average molecular weight is 182 g/mol. The minimum atomic E-state index is -0.0496. The molecule has 0 aliphatic heterocycles. The van der Waals surface area contributed by atoms with Crippen LogP contribution in [0, 0.1) is 17.8 Å². The number of hydrogen-bond donors (Lipinski definition) is 0. The second kappa shape index (κ2) is 3.14. The zero-order valence-electron chi connectivity index (χ0n) is 7.90. The summed E-state index contributed by atoms with van der Waals surface area (Å²) in [5, 5.41) is 0. The molecule has 0 aromatic heterocycles. The SMILES string of the molecule is COC1=C[C@@H]2[C@H](C[C@@H]1C=O)[C@@H]2OC. The Labute approximate surface area is 77.7 Å². The van der Waals surface area contributed by atoms with Gasteiger partial charge in [-0.1, -0.05) is 0 Å². The molecule has 3 heteroatoms. The van der Waals surface area contributed by atoms with E-state index in [1.807, 2.05) is 6.08 Å². The summed E-state index contributed by atoms with van der Waals surface area (Å²) in [5.74, 6) is 1.79. The first-order chi connectivity index (χ1) is 6.31. The van der Waals surface area contributed by atoms with Gasteiger partial charge in [0.2, 0.25) is 0 Å². The normalized spacial score (nSPS) is 41.8. The molecule has 1 saturated carbocycles. The lowest BCUT2D eigenvalue weighted by Gasteiger charge is -2.16. The third kappa shape index (κ3) is 1.27. The molecule has 0 radical (unpaired) electrons. The molecule has 0 spiro atoms. The second-order valence-electron chi connectivity index (χ2n) is 3.69. The van der Waals surface area contributed by atoms with Gasteiger partial charge in [-0.05, 0) is 18.4 Å². The maximum absolute atomic E-state index is 10.7. The fraction of sp³-hybridized carbons (Fsp3) is 0.700. The molecule has 0 unspecified atom stereocenters. The molecule has 0 aromatic carbocycles. The first-order valence-electron chi connectivity index (χ1n) is 4.55. The Bertz CT molecular complexity index is 247. The molecular weight excluding hydrogens is 168 g/mol. The van der Waals surface area contributed by atoms with E-state index in [2.05, 4.69) is 0 Å². The van der Waals surface area contributed by atoms with Crippen LogP contribution in [0.15, 0.2) is 11.8 Å². The van der Waals surface area contributed by atoms with Gasteiger partial charge in [-0.15, -0.1) is 0 Å². The van der Waals surface area contributed by atoms with E-state index in [1.54, 1.807) is 14.2 Å². The molecule has 0 bridgehead atoms. The lowest BCUT2D eigenvalue weighted by Crippen LogP contribution is -2.12. The van der Waals surface area contributed by atoms with Crippen LogP contribution >= 0.6 is 0 Å². The van der Waals surface area contributed by atoms with Crippen molar-refractivity contribution in [3.63, 3.8) is 0 Å². The van der Waals surface area contributed by atoms with Gasteiger partial charge in [0.1, 0.15) is 12.0 Å². The van der Waals surface area contributed by atoms with Gasteiger partial charge in [0.25, 0.3) is 0 Å². The number of ether oxygens (including phenoxy) is 2. The van der Waals surface area contributed by atoms with Crippen LogP contribution in [-0.2, 0) is 14.3 Å². The standard InChI is InChI=1S/C10H14O3/c1-12-9-4-8-7(10(8)13-2)3-6(9)5-11/h4-8,10H,3H2,1-2H3/t6-,7+,8-,10+/m1/s1. The van der Waals surface area contributed by atoms with E-state index in [9.17, 15) is 4.79 Å². The molecule has 4 atom stereocenters. The summed E-state index contributed by atoms with van der Waals surface area (Å²) >= 11 is 0. The first kappa shape index (κ1) is 8.75. The monoisotopic (exact) mass is 182 g/mol. The Hall–Kier alpha value is -0.830. The fourth-order valence-corrected chi connectivity index (χ4v) is 2.27. The van der Waals surface area contributed by atoms with Crippen LogP contribution in [0.3, 0.4) is 0 Å². The molecule has 0 aromatic rings. The summed E-state index contributed by atoms with van der Waals surface area (Å²) in [6.45, 7) is 0. The summed E-state index contributed by atoms with van der Waals surface area (Å²) < 4.78 is 10.4. The third-order valence-corrected chi connectivity index (χ3v) is 3.08. The van der Waals surface area contributed by atoms with Crippen LogP contribution in [0.25, 0.3) is 0 Å². The predicted molar refractivity (Wildman–Crippen MR) is 47.0 cm³/mol. The minimum Gasteiger partial charge on any atom is -0.501 e. The summed E-state index contributed by atoms with van der Waals surface area (Å²) in [6.07, 6.45) is 4.21. The van der Waals surface area contributed by atoms with Gasteiger partial charge < -0.3 is 14.3 Å². The van der Waals surface area contributed by atoms with Gasteiger partial charge in [-0.3, -0.25) is 0 Å². The van der Waals surface area contributed by atoms with Crippen molar-refractivity contribution in [3.8, 4) is 0 Å². The topological polar surface area (TPSA) is 35.5 Å². The highest BCUT2D eigenvalue weighted by Crippen LogP contribution is 2.51. The van der Waals surface area contributed by atoms with Crippen molar-refractivity contribution >= 4 is 6.29 Å². The van der Waals surface area contributed by atoms with Crippen LogP contribution in [0.5, 0.6) is 0 Å². The Morgan fingerprint density at radius 1 is 1.54 bits per heavy atom. The Morgan fingerprint density at radius 3 is 2.85 bits per heavy atom. The summed E-state index contributed by atoms with van der Waals surface area (Å²) in [6, 6.07) is 0. The molecule has 2 aliphatic rings. The number of methoxy groups -OCH3 is 2. The minimum absolute atomic E-state index is 0.0496. The molecular formula is C10H14O3. The zero-order chi connectivity index (χ0) is 9.42. The lowest BCUT2D eigenvalue weighted by molar-refractivity contribution is -0.111. The first-order valence-corrected chi connectivity index (χ1v) is 4.55. The van der Waals surface area contributed by atoms with Crippen molar-refractivity contribution in [1.29, 1.82) is 0 Å². The van der Waals surface area contributed by atoms with Gasteiger partial charge in [0.15, 0.2) is 0 Å². The van der Waals surface area contributed by atoms with Crippen LogP contribution in [0.2, 0.25) is 0 Å². The van der Waals surface area contributed by atoms with E-state index in [-0.39, 0.29) is 5.92 Å². The third-order valence-electron chi connectivity index (χ3n) is 3.08. The second-order valence-corrected chi connectivity index (χ2v) is 3.69. The van der Waals surface area contributed by atoms with Crippen LogP contribution in [0.4, 0.5) is 0 Å². The molecule has 1 fully saturated rings. The molecule has 13 heavy (non-hydrogen) atoms. The van der Waals surface area contributed by atoms with E-state index in [0.29, 0.717) is 17.9 Å². The maximum atomic E-state index is 10.7. The summed E-state index contributed by atoms with van der Waals surface area (Å²) in [5.41, 5.74) is 0. The summed E-state index contributed by atoms with van der Waals surface area (Å²) in [7, 11) is 3.34. The van der Waals surface area contributed by atoms with Gasteiger partial charge in [0, 0.05) is 13.0 Å². The van der Waals surface area contributed by atoms with Crippen molar-refractivity contribution in [3.05, 3.63) is 11.8 Å². The number of allylic oxidation sites excluding steroid dienone is 1. The van der Waals surface area contributed by atoms with Crippen molar-refractivity contribution in [2.45, 2.75) is 12.5 Å². The number of aldehydes is 1. The number of hydrogen-bond acceptors (Lipinski definition) is 3. The number of carbonyl (C=O) groups excluding carboxylic acids is 1. The number of carbonyl (C=O) groups is 1. The van der Waals surface area contributed by atoms with Crippen LogP contribution < -0.4 is 0 Å². The maximum Gasteiger partial charge on any atom is 0.130 e. The van der Waals surface area contributed by atoms with Gasteiger partial charge in [-0.25, -0.2) is 0 Å². The molecule has 72 valence electrons. The van der Waals surface area contributed by atoms with Crippen LogP contribution in [-0.4, -0.2) is 26.6 Å². The van der Waals surface area contributed by atoms with Gasteiger partial charge in [0.05, 0.1) is 19.1 Å². The zero-order valence-corrected chi connectivity index (χ0v) is 7.90. The highest BCUT2D eigenvalue weighted by atomic mass is 16.5. The highest BCUT2D eigenvalue weighted by molar-refractivity contribution is 5.59. The summed E-state index contributed by atoms with van der Waals surface area (Å²) in [4.78, 5) is 10.7. The number of fused-ring (bicyclic) bond motifs is 1. The van der Waals surface area contributed by atoms with Crippen LogP contribution in [0.1, 0.15) is 6.42 Å². The molecule has 2 rings (SSSR count). The van der Waals surface area contributed by atoms with E-state index in [1.165, 1.54) is 0 Å². The predicted octanol–water partition coefficient (Wildman–Crippen LogP) is 0.996. The molecule has 2 aliphatic carbocycles. The Kier molecular flexibility index (Phi) is 2.12. The Balaban J connectivity index is 2.12. The van der Waals surface area contributed by atoms with E-state index >= 15 is 0 Å². The van der Waals surface area contributed by atoms with Crippen molar-refractivity contribution in [1.82, 2.24) is 0 Å². The van der Waals surface area contributed by atoms with Crippen molar-refractivity contribution < 1.29 is 14.3 Å². The largest absolute Gasteiger partial charge is 0.501 e. The molecule has 0 heterocycles. The van der Waals surface area contributed by atoms with Gasteiger partial charge in [-0.2, -0.15) is 0 Å². The Morgan fingerprint density at radius 2 is 2.31 bits per heavy atom. The van der Waals surface area contributed by atoms with Crippen molar-refractivity contribution in [2.24, 2.45) is 17.8 Å². The van der Waals surface area contributed by atoms with E-state index in [0.717, 1.165) is 18.5 Å². The fourth-order valence-electron chi connectivity index (χ4n) is 2.27. The smallest absolute Gasteiger partial charge is 0.130 e. The number of rotatable bonds is 3. The highest BCUT2D eigenvalue weighted by Gasteiger charge is 2.53. The average Bonchev–Trinajstić information content (AvgIpc) is 2.87. The molecule has 0 saturated heterocycles. The van der Waals surface area contributed by atoms with Crippen molar-refractivity contribution in [2.75, 3.05) is 14.2 Å². The lowest BCUT2D eigenvalue weighted by atomic mass is 9.95. The molecule has 0 N–H and O–H groups in total. The quantitative estimate of drug-likeness (QED) is 0.611. The van der Waals surface area contributed by atoms with E-state index < -0.39 is 0 Å². The molecule has 3 nitrogen and oxygen atoms in total.